The van der Waals surface area contributed by atoms with Gasteiger partial charge in [0.15, 0.2) is 5.13 Å². The lowest BCUT2D eigenvalue weighted by Crippen LogP contribution is -2.34. The van der Waals surface area contributed by atoms with Crippen molar-refractivity contribution in [1.29, 1.82) is 0 Å². The number of nitrogens with one attached hydrogen (secondary N) is 2. The lowest BCUT2D eigenvalue weighted by atomic mass is 9.92. The van der Waals surface area contributed by atoms with Gasteiger partial charge >= 0.3 is 0 Å². The number of aromatic nitrogens is 1. The third kappa shape index (κ3) is 4.59. The molecule has 1 saturated carbocycles. The maximum atomic E-state index is 12.3. The lowest BCUT2D eigenvalue weighted by molar-refractivity contribution is -0.123. The Balaban J connectivity index is 0.00000113. The molecule has 1 aliphatic carbocycles. The summed E-state index contributed by atoms with van der Waals surface area (Å²) in [5.41, 5.74) is 1.45. The zero-order valence-corrected chi connectivity index (χ0v) is 16.9. The summed E-state index contributed by atoms with van der Waals surface area (Å²) in [4.78, 5) is 19.4. The second-order valence-electron chi connectivity index (χ2n) is 7.23. The quantitative estimate of drug-likeness (QED) is 0.788. The highest BCUT2D eigenvalue weighted by Crippen LogP contribution is 2.58. The highest BCUT2D eigenvalue weighted by atomic mass is 35.5. The van der Waals surface area contributed by atoms with Crippen molar-refractivity contribution in [1.82, 2.24) is 15.6 Å². The number of hydrogen-bond donors (Lipinski definition) is 2. The number of amides is 1. The van der Waals surface area contributed by atoms with Crippen LogP contribution < -0.4 is 15.5 Å². The minimum atomic E-state index is 0. The average molecular weight is 407 g/mol. The molecule has 1 aromatic rings. The third-order valence-corrected chi connectivity index (χ3v) is 6.65. The van der Waals surface area contributed by atoms with Gasteiger partial charge < -0.3 is 15.5 Å². The highest BCUT2D eigenvalue weighted by molar-refractivity contribution is 7.13. The van der Waals surface area contributed by atoms with Crippen molar-refractivity contribution in [3.8, 4) is 0 Å². The van der Waals surface area contributed by atoms with Crippen molar-refractivity contribution in [2.45, 2.75) is 38.5 Å². The van der Waals surface area contributed by atoms with E-state index in [1.54, 1.807) is 11.3 Å². The van der Waals surface area contributed by atoms with Gasteiger partial charge in [0.25, 0.3) is 0 Å². The molecule has 142 valence electrons. The van der Waals surface area contributed by atoms with Gasteiger partial charge in [-0.05, 0) is 50.6 Å². The van der Waals surface area contributed by atoms with Gasteiger partial charge in [-0.2, -0.15) is 0 Å². The van der Waals surface area contributed by atoms with Crippen LogP contribution in [-0.2, 0) is 11.2 Å². The molecule has 2 N–H and O–H groups in total. The fourth-order valence-corrected chi connectivity index (χ4v) is 5.01. The number of thiazole rings is 1. The van der Waals surface area contributed by atoms with E-state index in [1.165, 1.54) is 12.8 Å². The van der Waals surface area contributed by atoms with Crippen LogP contribution in [0.25, 0.3) is 0 Å². The number of carbonyl (C=O) groups excluding carboxylic acids is 1. The number of carbonyl (C=O) groups is 1. The molecule has 1 spiro atoms. The molecule has 0 aromatic carbocycles. The van der Waals surface area contributed by atoms with Gasteiger partial charge in [-0.25, -0.2) is 4.98 Å². The standard InChI is InChI=1S/C17H26N4OS.2ClH/c22-15(14-11-17(14)4-7-18-8-5-17)19-6-3-13-12-23-16(20-13)21-9-1-2-10-21;;/h12,14,18H,1-11H2,(H,19,22);2*1H. The monoisotopic (exact) mass is 406 g/mol. The van der Waals surface area contributed by atoms with Crippen LogP contribution in [0.1, 0.15) is 37.8 Å². The van der Waals surface area contributed by atoms with Gasteiger partial charge in [-0.15, -0.1) is 36.2 Å². The van der Waals surface area contributed by atoms with Crippen LogP contribution in [0, 0.1) is 11.3 Å². The fraction of sp³-hybridized carbons (Fsp3) is 0.765. The molecule has 0 radical (unpaired) electrons. The Morgan fingerprint density at radius 1 is 1.32 bits per heavy atom. The third-order valence-electron chi connectivity index (χ3n) is 5.70. The minimum absolute atomic E-state index is 0. The molecule has 1 unspecified atom stereocenters. The predicted molar refractivity (Wildman–Crippen MR) is 107 cm³/mol. The van der Waals surface area contributed by atoms with Crippen molar-refractivity contribution in [3.63, 3.8) is 0 Å². The van der Waals surface area contributed by atoms with Crippen molar-refractivity contribution >= 4 is 47.2 Å². The topological polar surface area (TPSA) is 57.3 Å². The number of rotatable bonds is 5. The first kappa shape index (κ1) is 20.7. The summed E-state index contributed by atoms with van der Waals surface area (Å²) in [5.74, 6) is 0.530. The van der Waals surface area contributed by atoms with Crippen molar-refractivity contribution < 1.29 is 4.79 Å². The molecule has 4 rings (SSSR count). The van der Waals surface area contributed by atoms with Crippen molar-refractivity contribution in [3.05, 3.63) is 11.1 Å². The molecule has 2 saturated heterocycles. The summed E-state index contributed by atoms with van der Waals surface area (Å²) in [6.45, 7) is 5.14. The highest BCUT2D eigenvalue weighted by Gasteiger charge is 2.57. The minimum Gasteiger partial charge on any atom is -0.355 e. The van der Waals surface area contributed by atoms with Gasteiger partial charge in [0.1, 0.15) is 0 Å². The number of halogens is 2. The van der Waals surface area contributed by atoms with Crippen molar-refractivity contribution in [2.24, 2.45) is 11.3 Å². The van der Waals surface area contributed by atoms with E-state index in [0.717, 1.165) is 62.7 Å². The molecule has 3 fully saturated rings. The maximum absolute atomic E-state index is 12.3. The molecule has 3 heterocycles. The molecule has 0 bridgehead atoms. The molecular weight excluding hydrogens is 379 g/mol. The van der Waals surface area contributed by atoms with Crippen LogP contribution in [0.2, 0.25) is 0 Å². The smallest absolute Gasteiger partial charge is 0.223 e. The molecule has 1 amide bonds. The fourth-order valence-electron chi connectivity index (χ4n) is 4.10. The molecule has 5 nitrogen and oxygen atoms in total. The number of anilines is 1. The van der Waals surface area contributed by atoms with Gasteiger partial charge in [-0.3, -0.25) is 4.79 Å². The van der Waals surface area contributed by atoms with E-state index in [0.29, 0.717) is 12.0 Å². The van der Waals surface area contributed by atoms with E-state index >= 15 is 0 Å². The summed E-state index contributed by atoms with van der Waals surface area (Å²) in [5, 5.41) is 9.82. The van der Waals surface area contributed by atoms with E-state index in [9.17, 15) is 4.79 Å². The van der Waals surface area contributed by atoms with Crippen LogP contribution in [0.5, 0.6) is 0 Å². The largest absolute Gasteiger partial charge is 0.355 e. The lowest BCUT2D eigenvalue weighted by Gasteiger charge is -2.23. The van der Waals surface area contributed by atoms with Gasteiger partial charge in [-0.1, -0.05) is 0 Å². The van der Waals surface area contributed by atoms with E-state index in [1.807, 2.05) is 0 Å². The van der Waals surface area contributed by atoms with Crippen LogP contribution >= 0.6 is 36.2 Å². The van der Waals surface area contributed by atoms with Crippen molar-refractivity contribution in [2.75, 3.05) is 37.6 Å². The Morgan fingerprint density at radius 3 is 2.76 bits per heavy atom. The number of piperidine rings is 1. The van der Waals surface area contributed by atoms with Crippen LogP contribution in [0.15, 0.2) is 5.38 Å². The molecule has 25 heavy (non-hydrogen) atoms. The maximum Gasteiger partial charge on any atom is 0.223 e. The van der Waals surface area contributed by atoms with Gasteiger partial charge in [0, 0.05) is 37.4 Å². The van der Waals surface area contributed by atoms with E-state index in [2.05, 4.69) is 20.9 Å². The first-order chi connectivity index (χ1) is 11.3. The van der Waals surface area contributed by atoms with Crippen LogP contribution in [0.4, 0.5) is 5.13 Å². The Bertz CT molecular complexity index is 571. The van der Waals surface area contributed by atoms with E-state index in [-0.39, 0.29) is 36.6 Å². The normalized spacial score (nSPS) is 23.7. The van der Waals surface area contributed by atoms with Gasteiger partial charge in [0.05, 0.1) is 5.69 Å². The van der Waals surface area contributed by atoms with E-state index in [4.69, 9.17) is 4.98 Å². The average Bonchev–Trinajstić information content (AvgIpc) is 3.00. The summed E-state index contributed by atoms with van der Waals surface area (Å²) in [6, 6.07) is 0. The van der Waals surface area contributed by atoms with E-state index < -0.39 is 0 Å². The zero-order valence-electron chi connectivity index (χ0n) is 14.5. The molecule has 8 heteroatoms. The first-order valence-corrected chi connectivity index (χ1v) is 9.83. The number of nitrogens with zero attached hydrogens (tertiary/aromatic N) is 2. The second kappa shape index (κ2) is 8.89. The Kier molecular flexibility index (Phi) is 7.38. The molecule has 1 atom stereocenters. The molecule has 3 aliphatic rings. The molecule has 2 aliphatic heterocycles. The summed E-state index contributed by atoms with van der Waals surface area (Å²) >= 11 is 1.74. The molecular formula is C17H28Cl2N4OS. The molecule has 1 aromatic heterocycles. The summed E-state index contributed by atoms with van der Waals surface area (Å²) in [6.07, 6.45) is 6.83. The van der Waals surface area contributed by atoms with Crippen LogP contribution in [0.3, 0.4) is 0 Å². The zero-order chi connectivity index (χ0) is 15.7. The van der Waals surface area contributed by atoms with Crippen LogP contribution in [-0.4, -0.2) is 43.6 Å². The Hall–Kier alpha value is -0.560. The SMILES string of the molecule is Cl.Cl.O=C(NCCc1csc(N2CCCC2)n1)C1CC12CCNCC2. The number of hydrogen-bond acceptors (Lipinski definition) is 5. The predicted octanol–water partition coefficient (Wildman–Crippen LogP) is 2.64. The summed E-state index contributed by atoms with van der Waals surface area (Å²) in [7, 11) is 0. The Morgan fingerprint density at radius 2 is 2.04 bits per heavy atom. The second-order valence-corrected chi connectivity index (χ2v) is 8.06. The first-order valence-electron chi connectivity index (χ1n) is 8.95. The Labute approximate surface area is 166 Å². The summed E-state index contributed by atoms with van der Waals surface area (Å²) < 4.78 is 0. The van der Waals surface area contributed by atoms with Gasteiger partial charge in [0.2, 0.25) is 5.91 Å².